The van der Waals surface area contributed by atoms with Crippen LogP contribution in [0.1, 0.15) is 19.0 Å². The van der Waals surface area contributed by atoms with Crippen molar-refractivity contribution in [2.24, 2.45) is 0 Å². The highest BCUT2D eigenvalue weighted by Gasteiger charge is 2.05. The quantitative estimate of drug-likeness (QED) is 0.870. The highest BCUT2D eigenvalue weighted by Crippen LogP contribution is 2.27. The van der Waals surface area contributed by atoms with Crippen LogP contribution in [0.2, 0.25) is 0 Å². The van der Waals surface area contributed by atoms with E-state index in [1.54, 1.807) is 11.3 Å². The summed E-state index contributed by atoms with van der Waals surface area (Å²) in [4.78, 5) is 4.57. The monoisotopic (exact) mass is 263 g/mol. The van der Waals surface area contributed by atoms with Crippen molar-refractivity contribution in [3.05, 3.63) is 35.3 Å². The maximum Gasteiger partial charge on any atom is 0.123 e. The summed E-state index contributed by atoms with van der Waals surface area (Å²) in [5, 5.41) is 11.9. The van der Waals surface area contributed by atoms with Crippen molar-refractivity contribution in [3.8, 4) is 16.3 Å². The minimum Gasteiger partial charge on any atom is -0.494 e. The number of rotatable bonds is 6. The minimum atomic E-state index is 0.215. The Kier molecular flexibility index (Phi) is 4.73. The van der Waals surface area contributed by atoms with E-state index in [1.165, 1.54) is 0 Å². The van der Waals surface area contributed by atoms with Crippen LogP contribution < -0.4 is 4.74 Å². The van der Waals surface area contributed by atoms with E-state index in [0.29, 0.717) is 6.61 Å². The molecule has 0 amide bonds. The van der Waals surface area contributed by atoms with Crippen LogP contribution in [0, 0.1) is 0 Å². The molecule has 0 bridgehead atoms. The fourth-order valence-electron chi connectivity index (χ4n) is 1.70. The Morgan fingerprint density at radius 3 is 3.06 bits per heavy atom. The van der Waals surface area contributed by atoms with Crippen molar-refractivity contribution < 1.29 is 9.84 Å². The van der Waals surface area contributed by atoms with Crippen molar-refractivity contribution in [2.45, 2.75) is 19.8 Å². The molecule has 4 heteroatoms. The second-order valence-electron chi connectivity index (χ2n) is 3.93. The largest absolute Gasteiger partial charge is 0.494 e. The van der Waals surface area contributed by atoms with Gasteiger partial charge in [0.25, 0.3) is 0 Å². The van der Waals surface area contributed by atoms with Crippen LogP contribution in [0.25, 0.3) is 10.6 Å². The molecule has 96 valence electrons. The van der Waals surface area contributed by atoms with Gasteiger partial charge < -0.3 is 9.84 Å². The number of nitrogens with zero attached hydrogens (tertiary/aromatic N) is 1. The first kappa shape index (κ1) is 13.1. The lowest BCUT2D eigenvalue weighted by atomic mass is 10.2. The molecule has 1 aromatic carbocycles. The summed E-state index contributed by atoms with van der Waals surface area (Å²) >= 11 is 1.63. The van der Waals surface area contributed by atoms with E-state index in [9.17, 15) is 0 Å². The molecular weight excluding hydrogens is 246 g/mol. The maximum absolute atomic E-state index is 8.81. The molecule has 2 aromatic rings. The van der Waals surface area contributed by atoms with Crippen molar-refractivity contribution in [1.82, 2.24) is 4.98 Å². The normalized spacial score (nSPS) is 10.6. The van der Waals surface area contributed by atoms with Crippen molar-refractivity contribution in [2.75, 3.05) is 13.2 Å². The summed E-state index contributed by atoms with van der Waals surface area (Å²) in [5.74, 6) is 0.877. The highest BCUT2D eigenvalue weighted by molar-refractivity contribution is 7.13. The molecule has 0 aliphatic heterocycles. The molecule has 1 aromatic heterocycles. The Morgan fingerprint density at radius 2 is 2.28 bits per heavy atom. The van der Waals surface area contributed by atoms with Gasteiger partial charge in [-0.05, 0) is 31.9 Å². The lowest BCUT2D eigenvalue weighted by Gasteiger charge is -2.03. The van der Waals surface area contributed by atoms with Gasteiger partial charge in [0.2, 0.25) is 0 Å². The predicted octanol–water partition coefficient (Wildman–Crippen LogP) is 3.13. The van der Waals surface area contributed by atoms with Gasteiger partial charge in [-0.1, -0.05) is 12.1 Å². The van der Waals surface area contributed by atoms with Gasteiger partial charge in [0.05, 0.1) is 12.3 Å². The fourth-order valence-corrected chi connectivity index (χ4v) is 2.55. The van der Waals surface area contributed by atoms with Gasteiger partial charge in [-0.15, -0.1) is 11.3 Å². The van der Waals surface area contributed by atoms with E-state index in [1.807, 2.05) is 31.2 Å². The van der Waals surface area contributed by atoms with Gasteiger partial charge in [0.1, 0.15) is 10.8 Å². The molecule has 0 spiro atoms. The molecule has 2 rings (SSSR count). The Morgan fingerprint density at radius 1 is 1.39 bits per heavy atom. The number of thiazole rings is 1. The summed E-state index contributed by atoms with van der Waals surface area (Å²) < 4.78 is 5.48. The molecular formula is C14H17NO2S. The van der Waals surface area contributed by atoms with Crippen LogP contribution in [-0.2, 0) is 6.42 Å². The first-order valence-electron chi connectivity index (χ1n) is 6.12. The first-order chi connectivity index (χ1) is 8.83. The molecule has 3 nitrogen and oxygen atoms in total. The number of ether oxygens (including phenoxy) is 1. The average Bonchev–Trinajstić information content (AvgIpc) is 2.86. The maximum atomic E-state index is 8.81. The van der Waals surface area contributed by atoms with E-state index in [4.69, 9.17) is 9.84 Å². The summed E-state index contributed by atoms with van der Waals surface area (Å²) in [7, 11) is 0. The molecule has 0 atom stereocenters. The average molecular weight is 263 g/mol. The summed E-state index contributed by atoms with van der Waals surface area (Å²) in [6.07, 6.45) is 1.60. The Bertz CT molecular complexity index is 496. The van der Waals surface area contributed by atoms with Gasteiger partial charge in [-0.25, -0.2) is 4.98 Å². The molecule has 1 heterocycles. The summed E-state index contributed by atoms with van der Waals surface area (Å²) in [5.41, 5.74) is 2.13. The molecule has 0 saturated carbocycles. The number of hydrogen-bond donors (Lipinski definition) is 1. The molecule has 1 N–H and O–H groups in total. The Balaban J connectivity index is 2.15. The first-order valence-corrected chi connectivity index (χ1v) is 7.00. The third-order valence-corrected chi connectivity index (χ3v) is 3.47. The van der Waals surface area contributed by atoms with Gasteiger partial charge in [-0.3, -0.25) is 0 Å². The molecule has 0 saturated heterocycles. The molecule has 0 aliphatic carbocycles. The van der Waals surface area contributed by atoms with Crippen LogP contribution in [0.3, 0.4) is 0 Å². The number of hydrogen-bond acceptors (Lipinski definition) is 4. The second kappa shape index (κ2) is 6.52. The third-order valence-electron chi connectivity index (χ3n) is 2.53. The Hall–Kier alpha value is -1.39. The zero-order chi connectivity index (χ0) is 12.8. The van der Waals surface area contributed by atoms with Gasteiger partial charge in [0, 0.05) is 17.6 Å². The van der Waals surface area contributed by atoms with E-state index in [0.717, 1.165) is 34.9 Å². The molecule has 0 aliphatic rings. The zero-order valence-electron chi connectivity index (χ0n) is 10.4. The number of aliphatic hydroxyl groups is 1. The smallest absolute Gasteiger partial charge is 0.123 e. The highest BCUT2D eigenvalue weighted by atomic mass is 32.1. The van der Waals surface area contributed by atoms with E-state index in [2.05, 4.69) is 10.4 Å². The number of aryl methyl sites for hydroxylation is 1. The van der Waals surface area contributed by atoms with E-state index < -0.39 is 0 Å². The zero-order valence-corrected chi connectivity index (χ0v) is 11.2. The number of aliphatic hydroxyl groups excluding tert-OH is 1. The van der Waals surface area contributed by atoms with Crippen molar-refractivity contribution >= 4 is 11.3 Å². The second-order valence-corrected chi connectivity index (χ2v) is 4.79. The molecule has 0 fully saturated rings. The van der Waals surface area contributed by atoms with Gasteiger partial charge >= 0.3 is 0 Å². The van der Waals surface area contributed by atoms with Crippen LogP contribution in [0.4, 0.5) is 0 Å². The Labute approximate surface area is 111 Å². The van der Waals surface area contributed by atoms with Crippen LogP contribution >= 0.6 is 11.3 Å². The standard InChI is InChI=1S/C14H17NO2S/c1-2-17-13-7-3-5-11(9-13)14-15-12(10-18-14)6-4-8-16/h3,5,7,9-10,16H,2,4,6,8H2,1H3. The van der Waals surface area contributed by atoms with E-state index >= 15 is 0 Å². The van der Waals surface area contributed by atoms with Gasteiger partial charge in [-0.2, -0.15) is 0 Å². The molecule has 0 radical (unpaired) electrons. The fraction of sp³-hybridized carbons (Fsp3) is 0.357. The summed E-state index contributed by atoms with van der Waals surface area (Å²) in [6, 6.07) is 7.98. The topological polar surface area (TPSA) is 42.4 Å². The van der Waals surface area contributed by atoms with Crippen LogP contribution in [0.15, 0.2) is 29.6 Å². The molecule has 0 unspecified atom stereocenters. The molecule has 18 heavy (non-hydrogen) atoms. The SMILES string of the molecule is CCOc1cccc(-c2nc(CCCO)cs2)c1. The third kappa shape index (κ3) is 3.31. The van der Waals surface area contributed by atoms with Crippen LogP contribution in [0.5, 0.6) is 5.75 Å². The van der Waals surface area contributed by atoms with Crippen molar-refractivity contribution in [1.29, 1.82) is 0 Å². The number of aromatic nitrogens is 1. The van der Waals surface area contributed by atoms with Gasteiger partial charge in [0.15, 0.2) is 0 Å². The lowest BCUT2D eigenvalue weighted by molar-refractivity contribution is 0.288. The number of benzene rings is 1. The summed E-state index contributed by atoms with van der Waals surface area (Å²) in [6.45, 7) is 2.86. The minimum absolute atomic E-state index is 0.215. The predicted molar refractivity (Wildman–Crippen MR) is 74.1 cm³/mol. The van der Waals surface area contributed by atoms with Crippen molar-refractivity contribution in [3.63, 3.8) is 0 Å². The van der Waals surface area contributed by atoms with E-state index in [-0.39, 0.29) is 6.61 Å². The van der Waals surface area contributed by atoms with Crippen LogP contribution in [-0.4, -0.2) is 23.3 Å². The lowest BCUT2D eigenvalue weighted by Crippen LogP contribution is -1.91.